The van der Waals surface area contributed by atoms with Crippen molar-refractivity contribution in [3.8, 4) is 0 Å². The van der Waals surface area contributed by atoms with Crippen LogP contribution in [0.15, 0.2) is 17.5 Å². The zero-order valence-electron chi connectivity index (χ0n) is 10.1. The summed E-state index contributed by atoms with van der Waals surface area (Å²) in [4.78, 5) is 1.33. The van der Waals surface area contributed by atoms with Crippen LogP contribution >= 0.6 is 11.3 Å². The van der Waals surface area contributed by atoms with E-state index in [0.29, 0.717) is 6.54 Å². The molecule has 0 radical (unpaired) electrons. The normalized spacial score (nSPS) is 19.6. The van der Waals surface area contributed by atoms with Crippen molar-refractivity contribution in [1.29, 1.82) is 0 Å². The van der Waals surface area contributed by atoms with Crippen LogP contribution in [0.1, 0.15) is 37.5 Å². The summed E-state index contributed by atoms with van der Waals surface area (Å²) in [5.74, 6) is 0.160. The minimum absolute atomic E-state index is 0.0520. The largest absolute Gasteiger partial charge is 0.214 e. The molecule has 1 aromatic heterocycles. The molecule has 0 atom stereocenters. The summed E-state index contributed by atoms with van der Waals surface area (Å²) >= 11 is 1.74. The van der Waals surface area contributed by atoms with Gasteiger partial charge in [0.15, 0.2) is 0 Å². The van der Waals surface area contributed by atoms with Crippen LogP contribution in [0.25, 0.3) is 0 Å². The summed E-state index contributed by atoms with van der Waals surface area (Å²) in [6.07, 6.45) is 4.59. The second-order valence-electron chi connectivity index (χ2n) is 4.69. The van der Waals surface area contributed by atoms with Gasteiger partial charge in [-0.25, -0.2) is 13.1 Å². The van der Waals surface area contributed by atoms with Crippen LogP contribution in [0.5, 0.6) is 0 Å². The first kappa shape index (κ1) is 13.1. The molecule has 3 nitrogen and oxygen atoms in total. The fourth-order valence-corrected chi connectivity index (χ4v) is 4.18. The van der Waals surface area contributed by atoms with Crippen LogP contribution < -0.4 is 4.72 Å². The van der Waals surface area contributed by atoms with Crippen molar-refractivity contribution >= 4 is 21.4 Å². The lowest BCUT2D eigenvalue weighted by Crippen LogP contribution is -2.39. The lowest BCUT2D eigenvalue weighted by molar-refractivity contribution is 0.440. The zero-order valence-corrected chi connectivity index (χ0v) is 11.7. The molecule has 96 valence electrons. The Balaban J connectivity index is 2.14. The summed E-state index contributed by atoms with van der Waals surface area (Å²) in [7, 11) is -3.08. The van der Waals surface area contributed by atoms with E-state index in [0.717, 1.165) is 12.8 Å². The molecule has 0 aromatic carbocycles. The van der Waals surface area contributed by atoms with Gasteiger partial charge in [-0.1, -0.05) is 18.9 Å². The van der Waals surface area contributed by atoms with Gasteiger partial charge in [0, 0.05) is 16.8 Å². The van der Waals surface area contributed by atoms with Gasteiger partial charge in [-0.15, -0.1) is 11.3 Å². The van der Waals surface area contributed by atoms with Gasteiger partial charge in [0.05, 0.1) is 5.75 Å². The molecule has 1 heterocycles. The highest BCUT2D eigenvalue weighted by atomic mass is 32.2. The van der Waals surface area contributed by atoms with Crippen LogP contribution in [-0.2, 0) is 15.4 Å². The van der Waals surface area contributed by atoms with Gasteiger partial charge in [-0.05, 0) is 31.2 Å². The van der Waals surface area contributed by atoms with Gasteiger partial charge in [0.25, 0.3) is 0 Å². The molecular formula is C12H19NO2S2. The highest BCUT2D eigenvalue weighted by molar-refractivity contribution is 7.89. The Bertz CT molecular complexity index is 445. The zero-order chi connectivity index (χ0) is 12.4. The van der Waals surface area contributed by atoms with Crippen LogP contribution in [0.4, 0.5) is 0 Å². The highest BCUT2D eigenvalue weighted by Gasteiger charge is 2.37. The van der Waals surface area contributed by atoms with Crippen molar-refractivity contribution in [1.82, 2.24) is 4.72 Å². The molecule has 1 aromatic rings. The number of hydrogen-bond donors (Lipinski definition) is 1. The minimum atomic E-state index is -3.08. The average Bonchev–Trinajstić information content (AvgIpc) is 2.98. The van der Waals surface area contributed by atoms with E-state index in [2.05, 4.69) is 16.2 Å². The number of nitrogens with one attached hydrogen (secondary N) is 1. The lowest BCUT2D eigenvalue weighted by Gasteiger charge is -2.28. The van der Waals surface area contributed by atoms with Crippen molar-refractivity contribution < 1.29 is 8.42 Å². The van der Waals surface area contributed by atoms with Crippen molar-refractivity contribution in [3.63, 3.8) is 0 Å². The second-order valence-corrected chi connectivity index (χ2v) is 7.73. The second kappa shape index (κ2) is 5.08. The molecule has 1 saturated carbocycles. The van der Waals surface area contributed by atoms with Gasteiger partial charge >= 0.3 is 0 Å². The van der Waals surface area contributed by atoms with Gasteiger partial charge < -0.3 is 0 Å². The SMILES string of the molecule is CCS(=O)(=O)NCC1(c2cccs2)CCCC1. The van der Waals surface area contributed by atoms with E-state index >= 15 is 0 Å². The first-order chi connectivity index (χ1) is 8.08. The highest BCUT2D eigenvalue weighted by Crippen LogP contribution is 2.42. The Kier molecular flexibility index (Phi) is 3.90. The van der Waals surface area contributed by atoms with Gasteiger partial charge in [0.1, 0.15) is 0 Å². The third-order valence-electron chi connectivity index (χ3n) is 3.62. The molecule has 1 fully saturated rings. The average molecular weight is 273 g/mol. The molecule has 0 unspecified atom stereocenters. The van der Waals surface area contributed by atoms with Gasteiger partial charge in [-0.2, -0.15) is 0 Å². The topological polar surface area (TPSA) is 46.2 Å². The van der Waals surface area contributed by atoms with Crippen molar-refractivity contribution in [2.24, 2.45) is 0 Å². The van der Waals surface area contributed by atoms with Crippen LogP contribution in [0, 0.1) is 0 Å². The third-order valence-corrected chi connectivity index (χ3v) is 6.08. The van der Waals surface area contributed by atoms with E-state index < -0.39 is 10.0 Å². The molecule has 0 aliphatic heterocycles. The summed E-state index contributed by atoms with van der Waals surface area (Å²) in [5.41, 5.74) is 0.0520. The predicted molar refractivity (Wildman–Crippen MR) is 71.9 cm³/mol. The Labute approximate surface area is 107 Å². The number of sulfonamides is 1. The molecule has 2 rings (SSSR count). The summed E-state index contributed by atoms with van der Waals surface area (Å²) < 4.78 is 25.9. The smallest absolute Gasteiger partial charge is 0.211 e. The van der Waals surface area contributed by atoms with Crippen molar-refractivity contribution in [2.75, 3.05) is 12.3 Å². The minimum Gasteiger partial charge on any atom is -0.214 e. The molecule has 0 saturated heterocycles. The maximum Gasteiger partial charge on any atom is 0.211 e. The van der Waals surface area contributed by atoms with E-state index in [-0.39, 0.29) is 11.2 Å². The first-order valence-corrected chi connectivity index (χ1v) is 8.62. The maximum absolute atomic E-state index is 11.6. The van der Waals surface area contributed by atoms with E-state index in [1.54, 1.807) is 18.3 Å². The fraction of sp³-hybridized carbons (Fsp3) is 0.667. The predicted octanol–water partition coefficient (Wildman–Crippen LogP) is 2.50. The standard InChI is InChI=1S/C12H19NO2S2/c1-2-17(14,15)13-10-12(7-3-4-8-12)11-6-5-9-16-11/h5-6,9,13H,2-4,7-8,10H2,1H3. The number of hydrogen-bond acceptors (Lipinski definition) is 3. The molecule has 0 spiro atoms. The maximum atomic E-state index is 11.6. The monoisotopic (exact) mass is 273 g/mol. The van der Waals surface area contributed by atoms with Crippen LogP contribution in [0.3, 0.4) is 0 Å². The Morgan fingerprint density at radius 2 is 2.12 bits per heavy atom. The van der Waals surface area contributed by atoms with Gasteiger partial charge in [-0.3, -0.25) is 0 Å². The third kappa shape index (κ3) is 2.89. The number of rotatable bonds is 5. The summed E-state index contributed by atoms with van der Waals surface area (Å²) in [6.45, 7) is 2.23. The van der Waals surface area contributed by atoms with E-state index in [1.165, 1.54) is 17.7 Å². The molecule has 1 N–H and O–H groups in total. The Morgan fingerprint density at radius 3 is 2.65 bits per heavy atom. The molecule has 0 bridgehead atoms. The molecule has 5 heteroatoms. The summed E-state index contributed by atoms with van der Waals surface area (Å²) in [5, 5.41) is 2.07. The summed E-state index contributed by atoms with van der Waals surface area (Å²) in [6, 6.07) is 4.19. The van der Waals surface area contributed by atoms with Gasteiger partial charge in [0.2, 0.25) is 10.0 Å². The molecule has 1 aliphatic rings. The molecule has 0 amide bonds. The van der Waals surface area contributed by atoms with Crippen molar-refractivity contribution in [3.05, 3.63) is 22.4 Å². The lowest BCUT2D eigenvalue weighted by atomic mass is 9.85. The van der Waals surface area contributed by atoms with Crippen molar-refractivity contribution in [2.45, 2.75) is 38.0 Å². The first-order valence-electron chi connectivity index (χ1n) is 6.09. The van der Waals surface area contributed by atoms with E-state index in [1.807, 2.05) is 6.07 Å². The Morgan fingerprint density at radius 1 is 1.41 bits per heavy atom. The molecule has 17 heavy (non-hydrogen) atoms. The molecular weight excluding hydrogens is 254 g/mol. The molecule has 1 aliphatic carbocycles. The van der Waals surface area contributed by atoms with Crippen LogP contribution in [-0.4, -0.2) is 20.7 Å². The Hall–Kier alpha value is -0.390. The number of thiophene rings is 1. The van der Waals surface area contributed by atoms with E-state index in [4.69, 9.17) is 0 Å². The van der Waals surface area contributed by atoms with E-state index in [9.17, 15) is 8.42 Å². The van der Waals surface area contributed by atoms with Crippen LogP contribution in [0.2, 0.25) is 0 Å². The fourth-order valence-electron chi connectivity index (χ4n) is 2.49. The quantitative estimate of drug-likeness (QED) is 0.896.